The van der Waals surface area contributed by atoms with Gasteiger partial charge in [-0.1, -0.05) is 23.7 Å². The number of Topliss-reactive ketones (excluding diaryl/α,β-unsaturated/α-hetero) is 1. The quantitative estimate of drug-likeness (QED) is 0.533. The van der Waals surface area contributed by atoms with Crippen LogP contribution in [0, 0.1) is 0 Å². The molecule has 2 aromatic rings. The van der Waals surface area contributed by atoms with E-state index in [-0.39, 0.29) is 16.5 Å². The molecule has 2 aromatic carbocycles. The molecule has 8 heteroatoms. The molecule has 0 unspecified atom stereocenters. The standard InChI is InChI=1S/C21H21ClN2O5/c1-12(23-20(27)17-6-4-5-7-18(17)22)21(28)29-13(2)19(26)15-8-10-16(11-9-15)24-14(3)25/h4-13H,1-3H3,(H,23,27)(H,24,25)/t12-,13+/m0/s1. The molecular formula is C21H21ClN2O5. The third kappa shape index (κ3) is 6.15. The summed E-state index contributed by atoms with van der Waals surface area (Å²) in [6, 6.07) is 11.7. The molecule has 2 N–H and O–H groups in total. The summed E-state index contributed by atoms with van der Waals surface area (Å²) < 4.78 is 5.18. The molecule has 152 valence electrons. The first kappa shape index (κ1) is 22.1. The number of carbonyl (C=O) groups excluding carboxylic acids is 4. The maximum atomic E-state index is 12.5. The van der Waals surface area contributed by atoms with E-state index in [1.54, 1.807) is 30.3 Å². The summed E-state index contributed by atoms with van der Waals surface area (Å²) in [4.78, 5) is 48.0. The van der Waals surface area contributed by atoms with Gasteiger partial charge in [0.2, 0.25) is 11.7 Å². The Morgan fingerprint density at radius 2 is 1.59 bits per heavy atom. The van der Waals surface area contributed by atoms with Crippen LogP contribution in [0.4, 0.5) is 5.69 Å². The van der Waals surface area contributed by atoms with Crippen LogP contribution in [0.15, 0.2) is 48.5 Å². The van der Waals surface area contributed by atoms with Crippen molar-refractivity contribution in [3.8, 4) is 0 Å². The molecule has 0 aromatic heterocycles. The topological polar surface area (TPSA) is 102 Å². The monoisotopic (exact) mass is 416 g/mol. The second-order valence-electron chi connectivity index (χ2n) is 6.38. The Balaban J connectivity index is 1.94. The van der Waals surface area contributed by atoms with Gasteiger partial charge in [0.1, 0.15) is 6.04 Å². The van der Waals surface area contributed by atoms with Gasteiger partial charge in [-0.05, 0) is 50.2 Å². The number of nitrogens with one attached hydrogen (secondary N) is 2. The molecule has 0 heterocycles. The largest absolute Gasteiger partial charge is 0.453 e. The normalized spacial score (nSPS) is 12.4. The first-order valence-electron chi connectivity index (χ1n) is 8.86. The Morgan fingerprint density at radius 3 is 2.17 bits per heavy atom. The van der Waals surface area contributed by atoms with Crippen molar-refractivity contribution in [2.24, 2.45) is 0 Å². The van der Waals surface area contributed by atoms with E-state index >= 15 is 0 Å². The molecule has 2 rings (SSSR count). The number of ketones is 1. The lowest BCUT2D eigenvalue weighted by Gasteiger charge is -2.17. The molecule has 7 nitrogen and oxygen atoms in total. The van der Waals surface area contributed by atoms with Crippen LogP contribution in [0.2, 0.25) is 5.02 Å². The average molecular weight is 417 g/mol. The fourth-order valence-corrected chi connectivity index (χ4v) is 2.69. The first-order valence-corrected chi connectivity index (χ1v) is 9.24. The van der Waals surface area contributed by atoms with E-state index in [0.717, 1.165) is 0 Å². The third-order valence-corrected chi connectivity index (χ3v) is 4.30. The summed E-state index contributed by atoms with van der Waals surface area (Å²) in [5.41, 5.74) is 1.11. The molecule has 0 aliphatic carbocycles. The lowest BCUT2D eigenvalue weighted by Crippen LogP contribution is -2.41. The van der Waals surface area contributed by atoms with Crippen molar-refractivity contribution in [3.63, 3.8) is 0 Å². The molecule has 0 saturated heterocycles. The Bertz CT molecular complexity index is 927. The summed E-state index contributed by atoms with van der Waals surface area (Å²) in [6.45, 7) is 4.29. The number of benzene rings is 2. The van der Waals surface area contributed by atoms with Gasteiger partial charge >= 0.3 is 5.97 Å². The number of ether oxygens (including phenoxy) is 1. The van der Waals surface area contributed by atoms with Crippen LogP contribution in [0.5, 0.6) is 0 Å². The van der Waals surface area contributed by atoms with Crippen molar-refractivity contribution in [2.45, 2.75) is 32.9 Å². The van der Waals surface area contributed by atoms with E-state index < -0.39 is 29.8 Å². The molecule has 2 atom stereocenters. The minimum atomic E-state index is -1.05. The van der Waals surface area contributed by atoms with Gasteiger partial charge in [-0.3, -0.25) is 14.4 Å². The van der Waals surface area contributed by atoms with Gasteiger partial charge in [-0.2, -0.15) is 0 Å². The third-order valence-electron chi connectivity index (χ3n) is 3.97. The molecule has 0 fully saturated rings. The Hall–Kier alpha value is -3.19. The van der Waals surface area contributed by atoms with Crippen molar-refractivity contribution in [3.05, 3.63) is 64.7 Å². The molecule has 0 aliphatic rings. The molecule has 0 bridgehead atoms. The van der Waals surface area contributed by atoms with E-state index in [4.69, 9.17) is 16.3 Å². The predicted molar refractivity (Wildman–Crippen MR) is 109 cm³/mol. The summed E-state index contributed by atoms with van der Waals surface area (Å²) in [5, 5.41) is 5.36. The van der Waals surface area contributed by atoms with Crippen LogP contribution < -0.4 is 10.6 Å². The lowest BCUT2D eigenvalue weighted by atomic mass is 10.1. The van der Waals surface area contributed by atoms with Crippen LogP contribution in [-0.4, -0.2) is 35.7 Å². The van der Waals surface area contributed by atoms with Crippen molar-refractivity contribution in [2.75, 3.05) is 5.32 Å². The van der Waals surface area contributed by atoms with Gasteiger partial charge in [0.25, 0.3) is 5.91 Å². The Labute approximate surface area is 173 Å². The van der Waals surface area contributed by atoms with Gasteiger partial charge in [0.15, 0.2) is 6.10 Å². The van der Waals surface area contributed by atoms with E-state index in [9.17, 15) is 19.2 Å². The van der Waals surface area contributed by atoms with Gasteiger partial charge < -0.3 is 15.4 Å². The number of esters is 1. The van der Waals surface area contributed by atoms with Crippen molar-refractivity contribution in [1.29, 1.82) is 0 Å². The van der Waals surface area contributed by atoms with Gasteiger partial charge in [0, 0.05) is 18.2 Å². The van der Waals surface area contributed by atoms with Crippen molar-refractivity contribution >= 4 is 40.9 Å². The number of anilines is 1. The zero-order valence-electron chi connectivity index (χ0n) is 16.2. The zero-order chi connectivity index (χ0) is 21.6. The first-order chi connectivity index (χ1) is 13.7. The lowest BCUT2D eigenvalue weighted by molar-refractivity contribution is -0.148. The van der Waals surface area contributed by atoms with Crippen LogP contribution in [-0.2, 0) is 14.3 Å². The molecule has 0 radical (unpaired) electrons. The Morgan fingerprint density at radius 1 is 0.966 bits per heavy atom. The summed E-state index contributed by atoms with van der Waals surface area (Å²) >= 11 is 5.97. The van der Waals surface area contributed by atoms with E-state index in [2.05, 4.69) is 10.6 Å². The van der Waals surface area contributed by atoms with E-state index in [1.165, 1.54) is 39.0 Å². The molecular weight excluding hydrogens is 396 g/mol. The predicted octanol–water partition coefficient (Wildman–Crippen LogP) is 3.23. The number of amides is 2. The van der Waals surface area contributed by atoms with E-state index in [0.29, 0.717) is 11.3 Å². The molecule has 0 spiro atoms. The molecule has 0 aliphatic heterocycles. The molecule has 0 saturated carbocycles. The second-order valence-corrected chi connectivity index (χ2v) is 6.78. The number of rotatable bonds is 7. The number of halogens is 1. The van der Waals surface area contributed by atoms with Crippen molar-refractivity contribution in [1.82, 2.24) is 5.32 Å². The van der Waals surface area contributed by atoms with Crippen LogP contribution in [0.3, 0.4) is 0 Å². The summed E-state index contributed by atoms with van der Waals surface area (Å²) in [7, 11) is 0. The van der Waals surface area contributed by atoms with Gasteiger partial charge in [-0.15, -0.1) is 0 Å². The Kier molecular flexibility index (Phi) is 7.50. The highest BCUT2D eigenvalue weighted by Gasteiger charge is 2.24. The maximum Gasteiger partial charge on any atom is 0.329 e. The highest BCUT2D eigenvalue weighted by molar-refractivity contribution is 6.33. The smallest absolute Gasteiger partial charge is 0.329 e. The van der Waals surface area contributed by atoms with E-state index in [1.807, 2.05) is 0 Å². The zero-order valence-corrected chi connectivity index (χ0v) is 16.9. The minimum absolute atomic E-state index is 0.223. The number of carbonyl (C=O) groups is 4. The van der Waals surface area contributed by atoms with Crippen molar-refractivity contribution < 1.29 is 23.9 Å². The summed E-state index contributed by atoms with van der Waals surface area (Å²) in [5.74, 6) is -1.90. The fourth-order valence-electron chi connectivity index (χ4n) is 2.46. The highest BCUT2D eigenvalue weighted by Crippen LogP contribution is 2.15. The fraction of sp³-hybridized carbons (Fsp3) is 0.238. The SMILES string of the molecule is CC(=O)Nc1ccc(C(=O)[C@@H](C)OC(=O)[C@H](C)NC(=O)c2ccccc2Cl)cc1. The van der Waals surface area contributed by atoms with Crippen LogP contribution in [0.25, 0.3) is 0 Å². The highest BCUT2D eigenvalue weighted by atomic mass is 35.5. The maximum absolute atomic E-state index is 12.5. The minimum Gasteiger partial charge on any atom is -0.453 e. The van der Waals surface area contributed by atoms with Crippen LogP contribution in [0.1, 0.15) is 41.5 Å². The molecule has 29 heavy (non-hydrogen) atoms. The van der Waals surface area contributed by atoms with Gasteiger partial charge in [-0.25, -0.2) is 4.79 Å². The molecule has 2 amide bonds. The second kappa shape index (κ2) is 9.84. The average Bonchev–Trinajstić information content (AvgIpc) is 2.67. The number of hydrogen-bond donors (Lipinski definition) is 2. The van der Waals surface area contributed by atoms with Gasteiger partial charge in [0.05, 0.1) is 10.6 Å². The summed E-state index contributed by atoms with van der Waals surface area (Å²) in [6.07, 6.45) is -1.05. The van der Waals surface area contributed by atoms with Crippen LogP contribution >= 0.6 is 11.6 Å². The number of hydrogen-bond acceptors (Lipinski definition) is 5.